The van der Waals surface area contributed by atoms with Gasteiger partial charge < -0.3 is 0 Å². The van der Waals surface area contributed by atoms with Crippen LogP contribution >= 0.6 is 0 Å². The van der Waals surface area contributed by atoms with E-state index in [-0.39, 0.29) is 23.3 Å². The number of ketones is 3. The molecule has 2 atom stereocenters. The van der Waals surface area contributed by atoms with Crippen LogP contribution in [0.25, 0.3) is 0 Å². The quantitative estimate of drug-likeness (QED) is 0.407. The van der Waals surface area contributed by atoms with Gasteiger partial charge >= 0.3 is 0 Å². The maximum atomic E-state index is 14.0. The summed E-state index contributed by atoms with van der Waals surface area (Å²) in [4.78, 5) is 41.4. The van der Waals surface area contributed by atoms with Crippen LogP contribution in [0.4, 0.5) is 0 Å². The third-order valence-electron chi connectivity index (χ3n) is 7.96. The molecule has 0 saturated heterocycles. The summed E-state index contributed by atoms with van der Waals surface area (Å²) in [5.41, 5.74) is 1.72. The highest BCUT2D eigenvalue weighted by Crippen LogP contribution is 2.55. The molecular formula is C31H30O3. The van der Waals surface area contributed by atoms with Crippen LogP contribution in [0.2, 0.25) is 0 Å². The molecule has 3 heteroatoms. The second-order valence-corrected chi connectivity index (χ2v) is 9.93. The molecule has 0 aromatic heterocycles. The zero-order valence-electron chi connectivity index (χ0n) is 19.4. The molecule has 3 aromatic carbocycles. The second-order valence-electron chi connectivity index (χ2n) is 9.93. The maximum Gasteiger partial charge on any atom is 0.166 e. The molecular weight excluding hydrogens is 420 g/mol. The molecule has 3 nitrogen and oxygen atoms in total. The van der Waals surface area contributed by atoms with Gasteiger partial charge in [0.25, 0.3) is 0 Å². The Morgan fingerprint density at radius 1 is 0.647 bits per heavy atom. The lowest BCUT2D eigenvalue weighted by molar-refractivity contribution is -0.135. The van der Waals surface area contributed by atoms with Crippen LogP contribution in [0.1, 0.15) is 70.7 Å². The molecule has 1 spiro atoms. The zero-order valence-corrected chi connectivity index (χ0v) is 19.4. The fourth-order valence-corrected chi connectivity index (χ4v) is 6.33. The van der Waals surface area contributed by atoms with Crippen molar-refractivity contribution in [1.29, 1.82) is 0 Å². The van der Waals surface area contributed by atoms with E-state index in [1.165, 1.54) is 0 Å². The Hall–Kier alpha value is -3.33. The Morgan fingerprint density at radius 2 is 1.12 bits per heavy atom. The van der Waals surface area contributed by atoms with Crippen LogP contribution in [0.5, 0.6) is 0 Å². The molecule has 2 aliphatic carbocycles. The van der Waals surface area contributed by atoms with Gasteiger partial charge in [-0.2, -0.15) is 0 Å². The molecule has 0 heterocycles. The minimum Gasteiger partial charge on any atom is -0.299 e. The third kappa shape index (κ3) is 4.16. The summed E-state index contributed by atoms with van der Waals surface area (Å²) in [6.07, 6.45) is 4.24. The number of Topliss-reactive ketones (excluding diaryl/α,β-unsaturated/α-hetero) is 3. The summed E-state index contributed by atoms with van der Waals surface area (Å²) in [6, 6.07) is 28.7. The van der Waals surface area contributed by atoms with Gasteiger partial charge in [0.1, 0.15) is 5.78 Å². The molecule has 2 fully saturated rings. The molecule has 5 rings (SSSR count). The molecule has 2 aliphatic rings. The van der Waals surface area contributed by atoms with Gasteiger partial charge in [0, 0.05) is 40.7 Å². The van der Waals surface area contributed by atoms with Gasteiger partial charge in [-0.05, 0) is 31.2 Å². The Bertz CT molecular complexity index is 1110. The minimum absolute atomic E-state index is 0.0396. The largest absolute Gasteiger partial charge is 0.299 e. The van der Waals surface area contributed by atoms with Crippen LogP contribution in [-0.2, 0) is 4.79 Å². The first-order chi connectivity index (χ1) is 16.6. The summed E-state index contributed by atoms with van der Waals surface area (Å²) in [5, 5.41) is 0. The Kier molecular flexibility index (Phi) is 6.28. The van der Waals surface area contributed by atoms with Gasteiger partial charge in [0.05, 0.1) is 0 Å². The van der Waals surface area contributed by atoms with E-state index in [1.54, 1.807) is 0 Å². The molecule has 34 heavy (non-hydrogen) atoms. The van der Waals surface area contributed by atoms with Gasteiger partial charge in [0.2, 0.25) is 0 Å². The summed E-state index contributed by atoms with van der Waals surface area (Å²) in [5.74, 6) is -0.781. The highest BCUT2D eigenvalue weighted by atomic mass is 16.1. The Labute approximate surface area is 201 Å². The van der Waals surface area contributed by atoms with E-state index in [4.69, 9.17) is 0 Å². The van der Waals surface area contributed by atoms with E-state index < -0.39 is 17.3 Å². The minimum atomic E-state index is -0.590. The first-order valence-corrected chi connectivity index (χ1v) is 12.4. The predicted molar refractivity (Wildman–Crippen MR) is 133 cm³/mol. The van der Waals surface area contributed by atoms with Crippen molar-refractivity contribution < 1.29 is 14.4 Å². The molecule has 0 bridgehead atoms. The van der Waals surface area contributed by atoms with Crippen molar-refractivity contribution in [2.24, 2.45) is 17.3 Å². The number of hydrogen-bond donors (Lipinski definition) is 0. The van der Waals surface area contributed by atoms with Crippen molar-refractivity contribution in [2.45, 2.75) is 44.4 Å². The van der Waals surface area contributed by atoms with Gasteiger partial charge in [-0.15, -0.1) is 0 Å². The average Bonchev–Trinajstić information content (AvgIpc) is 2.90. The molecule has 0 amide bonds. The molecule has 0 radical (unpaired) electrons. The Balaban J connectivity index is 1.65. The van der Waals surface area contributed by atoms with Crippen molar-refractivity contribution >= 4 is 17.3 Å². The van der Waals surface area contributed by atoms with Gasteiger partial charge in [-0.3, -0.25) is 14.4 Å². The lowest BCUT2D eigenvalue weighted by Gasteiger charge is -2.49. The normalized spacial score (nSPS) is 26.8. The maximum absolute atomic E-state index is 14.0. The molecule has 3 aromatic rings. The first-order valence-electron chi connectivity index (χ1n) is 12.4. The predicted octanol–water partition coefficient (Wildman–Crippen LogP) is 6.69. The third-order valence-corrected chi connectivity index (χ3v) is 7.96. The van der Waals surface area contributed by atoms with Crippen molar-refractivity contribution in [2.75, 3.05) is 0 Å². The second kappa shape index (κ2) is 9.50. The lowest BCUT2D eigenvalue weighted by Crippen LogP contribution is -2.49. The monoisotopic (exact) mass is 450 g/mol. The highest BCUT2D eigenvalue weighted by molar-refractivity contribution is 6.03. The zero-order chi connectivity index (χ0) is 23.5. The van der Waals surface area contributed by atoms with E-state index in [0.29, 0.717) is 30.4 Å². The topological polar surface area (TPSA) is 51.2 Å². The molecule has 2 unspecified atom stereocenters. The number of benzene rings is 3. The lowest BCUT2D eigenvalue weighted by atomic mass is 9.52. The van der Waals surface area contributed by atoms with E-state index in [0.717, 1.165) is 24.8 Å². The van der Waals surface area contributed by atoms with Crippen molar-refractivity contribution in [3.63, 3.8) is 0 Å². The van der Waals surface area contributed by atoms with E-state index >= 15 is 0 Å². The summed E-state index contributed by atoms with van der Waals surface area (Å²) in [6.45, 7) is 0. The van der Waals surface area contributed by atoms with Gasteiger partial charge in [0.15, 0.2) is 11.6 Å². The average molecular weight is 451 g/mol. The highest BCUT2D eigenvalue weighted by Gasteiger charge is 2.54. The van der Waals surface area contributed by atoms with Crippen molar-refractivity contribution in [1.82, 2.24) is 0 Å². The van der Waals surface area contributed by atoms with Crippen molar-refractivity contribution in [3.8, 4) is 0 Å². The van der Waals surface area contributed by atoms with Crippen LogP contribution in [0, 0.1) is 17.3 Å². The Morgan fingerprint density at radius 3 is 1.59 bits per heavy atom. The summed E-state index contributed by atoms with van der Waals surface area (Å²) >= 11 is 0. The summed E-state index contributed by atoms with van der Waals surface area (Å²) < 4.78 is 0. The molecule has 2 saturated carbocycles. The SMILES string of the molecule is O=C(c1ccccc1)C1CC2(CCCCC2=O)CC(C(=O)c2ccccc2)C1c1ccccc1. The standard InChI is InChI=1S/C31H30O3/c32-27-18-10-11-19-31(27)20-25(29(33)23-14-6-2-7-15-23)28(22-12-4-1-5-13-22)26(21-31)30(34)24-16-8-3-9-17-24/h1-9,12-17,25-26,28H,10-11,18-21H2. The van der Waals surface area contributed by atoms with Gasteiger partial charge in [-0.1, -0.05) is 97.4 Å². The number of hydrogen-bond acceptors (Lipinski definition) is 3. The number of carbonyl (C=O) groups is 3. The molecule has 0 N–H and O–H groups in total. The van der Waals surface area contributed by atoms with Crippen LogP contribution in [0.3, 0.4) is 0 Å². The van der Waals surface area contributed by atoms with E-state index in [2.05, 4.69) is 0 Å². The van der Waals surface area contributed by atoms with Crippen LogP contribution in [0.15, 0.2) is 91.0 Å². The smallest absolute Gasteiger partial charge is 0.166 e. The van der Waals surface area contributed by atoms with E-state index in [1.807, 2.05) is 91.0 Å². The number of rotatable bonds is 5. The summed E-state index contributed by atoms with van der Waals surface area (Å²) in [7, 11) is 0. The van der Waals surface area contributed by atoms with Crippen LogP contribution < -0.4 is 0 Å². The molecule has 172 valence electrons. The molecule has 0 aliphatic heterocycles. The van der Waals surface area contributed by atoms with Crippen LogP contribution in [-0.4, -0.2) is 17.3 Å². The van der Waals surface area contributed by atoms with Crippen molar-refractivity contribution in [3.05, 3.63) is 108 Å². The fourth-order valence-electron chi connectivity index (χ4n) is 6.33. The number of carbonyl (C=O) groups excluding carboxylic acids is 3. The first kappa shape index (κ1) is 22.5. The van der Waals surface area contributed by atoms with Gasteiger partial charge in [-0.25, -0.2) is 0 Å². The fraction of sp³-hybridized carbons (Fsp3) is 0.323. The van der Waals surface area contributed by atoms with E-state index in [9.17, 15) is 14.4 Å².